The van der Waals surface area contributed by atoms with Crippen LogP contribution in [0.3, 0.4) is 0 Å². The van der Waals surface area contributed by atoms with Gasteiger partial charge in [0, 0.05) is 17.1 Å². The van der Waals surface area contributed by atoms with Gasteiger partial charge in [0.25, 0.3) is 0 Å². The van der Waals surface area contributed by atoms with Crippen LogP contribution in [0.15, 0.2) is 24.3 Å². The zero-order valence-corrected chi connectivity index (χ0v) is 6.45. The Morgan fingerprint density at radius 1 is 0.818 bits per heavy atom. The predicted molar refractivity (Wildman–Crippen MR) is 35.9 cm³/mol. The molecule has 3 heteroatoms. The molecule has 2 nitrogen and oxygen atoms in total. The van der Waals surface area contributed by atoms with Gasteiger partial charge < -0.3 is 0 Å². The molecule has 0 amide bonds. The normalized spacial score (nSPS) is 7.09. The summed E-state index contributed by atoms with van der Waals surface area (Å²) < 4.78 is 0. The van der Waals surface area contributed by atoms with E-state index in [1.807, 2.05) is 12.1 Å². The number of rotatable bonds is 0. The summed E-state index contributed by atoms with van der Waals surface area (Å²) in [7, 11) is 0. The molecule has 57 valence electrons. The first-order valence-electron chi connectivity index (χ1n) is 2.77. The monoisotopic (exact) mass is 191 g/mol. The second kappa shape index (κ2) is 4.52. The maximum absolute atomic E-state index is 8.37. The molecule has 0 unspecified atom stereocenters. The van der Waals surface area contributed by atoms with E-state index >= 15 is 0 Å². The SMILES string of the molecule is N#Cc1ccc(C#N)cc1.[Cu]. The van der Waals surface area contributed by atoms with E-state index in [9.17, 15) is 0 Å². The molecule has 11 heavy (non-hydrogen) atoms. The van der Waals surface area contributed by atoms with Crippen molar-refractivity contribution in [3.8, 4) is 12.1 Å². The number of hydrogen-bond acceptors (Lipinski definition) is 2. The zero-order valence-electron chi connectivity index (χ0n) is 5.51. The number of hydrogen-bond donors (Lipinski definition) is 0. The number of benzene rings is 1. The van der Waals surface area contributed by atoms with Gasteiger partial charge in [0.1, 0.15) is 0 Å². The Bertz CT molecular complexity index is 269. The van der Waals surface area contributed by atoms with Gasteiger partial charge in [0.05, 0.1) is 23.3 Å². The van der Waals surface area contributed by atoms with Gasteiger partial charge in [-0.05, 0) is 24.3 Å². The fourth-order valence-corrected chi connectivity index (χ4v) is 0.619. The van der Waals surface area contributed by atoms with Crippen molar-refractivity contribution in [3.63, 3.8) is 0 Å². The second-order valence-electron chi connectivity index (χ2n) is 1.80. The molecule has 0 aliphatic carbocycles. The van der Waals surface area contributed by atoms with Crippen molar-refractivity contribution in [2.24, 2.45) is 0 Å². The van der Waals surface area contributed by atoms with E-state index in [1.54, 1.807) is 24.3 Å². The first kappa shape index (κ1) is 9.72. The minimum absolute atomic E-state index is 0. The Kier molecular flexibility index (Phi) is 4.00. The first-order valence-corrected chi connectivity index (χ1v) is 2.77. The minimum Gasteiger partial charge on any atom is -0.192 e. The van der Waals surface area contributed by atoms with Crippen LogP contribution in [0.2, 0.25) is 0 Å². The summed E-state index contributed by atoms with van der Waals surface area (Å²) in [5.74, 6) is 0. The van der Waals surface area contributed by atoms with Crippen LogP contribution >= 0.6 is 0 Å². The Morgan fingerprint density at radius 3 is 1.27 bits per heavy atom. The predicted octanol–water partition coefficient (Wildman–Crippen LogP) is 1.43. The van der Waals surface area contributed by atoms with Crippen LogP contribution in [0.25, 0.3) is 0 Å². The van der Waals surface area contributed by atoms with Crippen LogP contribution in [0, 0.1) is 22.7 Å². The maximum Gasteiger partial charge on any atom is 0.0991 e. The fraction of sp³-hybridized carbons (Fsp3) is 0. The van der Waals surface area contributed by atoms with E-state index in [-0.39, 0.29) is 17.1 Å². The van der Waals surface area contributed by atoms with Crippen LogP contribution in [0.5, 0.6) is 0 Å². The van der Waals surface area contributed by atoms with Gasteiger partial charge in [-0.25, -0.2) is 0 Å². The molecule has 0 N–H and O–H groups in total. The van der Waals surface area contributed by atoms with Crippen LogP contribution < -0.4 is 0 Å². The zero-order chi connectivity index (χ0) is 7.40. The molecule has 1 aromatic rings. The standard InChI is InChI=1S/C8H4N2.Cu/c9-5-7-1-2-8(6-10)4-3-7;/h1-4H;. The molecule has 0 fully saturated rings. The number of nitrogens with zero attached hydrogens (tertiary/aromatic N) is 2. The van der Waals surface area contributed by atoms with Gasteiger partial charge in [0.2, 0.25) is 0 Å². The van der Waals surface area contributed by atoms with E-state index in [0.717, 1.165) is 0 Å². The molecule has 0 aliphatic heterocycles. The molecule has 0 spiro atoms. The average molecular weight is 192 g/mol. The second-order valence-corrected chi connectivity index (χ2v) is 1.80. The third-order valence-corrected chi connectivity index (χ3v) is 1.14. The van der Waals surface area contributed by atoms with Crippen molar-refractivity contribution in [1.82, 2.24) is 0 Å². The van der Waals surface area contributed by atoms with Crippen molar-refractivity contribution in [2.75, 3.05) is 0 Å². The third-order valence-electron chi connectivity index (χ3n) is 1.14. The Hall–Kier alpha value is -1.28. The summed E-state index contributed by atoms with van der Waals surface area (Å²) in [6, 6.07) is 10.4. The van der Waals surface area contributed by atoms with Crippen LogP contribution in [0.4, 0.5) is 0 Å². The molecule has 0 heterocycles. The molecule has 0 saturated carbocycles. The summed E-state index contributed by atoms with van der Waals surface area (Å²) in [4.78, 5) is 0. The first-order chi connectivity index (χ1) is 4.86. The van der Waals surface area contributed by atoms with Crippen molar-refractivity contribution in [2.45, 2.75) is 0 Å². The fourth-order valence-electron chi connectivity index (χ4n) is 0.619. The number of nitriles is 2. The molecule has 1 rings (SSSR count). The molecular formula is C8H4CuN2. The van der Waals surface area contributed by atoms with Crippen molar-refractivity contribution in [3.05, 3.63) is 35.4 Å². The molecular weight excluding hydrogens is 188 g/mol. The van der Waals surface area contributed by atoms with E-state index in [2.05, 4.69) is 0 Å². The quantitative estimate of drug-likeness (QED) is 0.583. The average Bonchev–Trinajstić information content (AvgIpc) is 2.05. The van der Waals surface area contributed by atoms with Crippen molar-refractivity contribution < 1.29 is 17.1 Å². The summed E-state index contributed by atoms with van der Waals surface area (Å²) >= 11 is 0. The summed E-state index contributed by atoms with van der Waals surface area (Å²) in [6.07, 6.45) is 0. The molecule has 1 radical (unpaired) electrons. The van der Waals surface area contributed by atoms with E-state index < -0.39 is 0 Å². The minimum atomic E-state index is 0. The third kappa shape index (κ3) is 2.43. The Balaban J connectivity index is 0.000001000. The van der Waals surface area contributed by atoms with Gasteiger partial charge in [-0.2, -0.15) is 10.5 Å². The molecule has 0 saturated heterocycles. The largest absolute Gasteiger partial charge is 0.192 e. The van der Waals surface area contributed by atoms with Crippen molar-refractivity contribution in [1.29, 1.82) is 10.5 Å². The van der Waals surface area contributed by atoms with Gasteiger partial charge in [0.15, 0.2) is 0 Å². The van der Waals surface area contributed by atoms with E-state index in [0.29, 0.717) is 11.1 Å². The maximum atomic E-state index is 8.37. The van der Waals surface area contributed by atoms with Gasteiger partial charge in [-0.1, -0.05) is 0 Å². The van der Waals surface area contributed by atoms with Crippen LogP contribution in [-0.4, -0.2) is 0 Å². The Labute approximate surface area is 75.5 Å². The summed E-state index contributed by atoms with van der Waals surface area (Å²) in [6.45, 7) is 0. The molecule has 1 aromatic carbocycles. The van der Waals surface area contributed by atoms with Gasteiger partial charge in [-0.15, -0.1) is 0 Å². The van der Waals surface area contributed by atoms with Gasteiger partial charge >= 0.3 is 0 Å². The summed E-state index contributed by atoms with van der Waals surface area (Å²) in [5.41, 5.74) is 1.16. The van der Waals surface area contributed by atoms with Crippen LogP contribution in [-0.2, 0) is 17.1 Å². The summed E-state index contributed by atoms with van der Waals surface area (Å²) in [5, 5.41) is 16.7. The van der Waals surface area contributed by atoms with E-state index in [1.165, 1.54) is 0 Å². The Morgan fingerprint density at radius 2 is 1.09 bits per heavy atom. The molecule has 0 bridgehead atoms. The molecule has 0 aromatic heterocycles. The molecule has 0 atom stereocenters. The molecule has 0 aliphatic rings. The smallest absolute Gasteiger partial charge is 0.0991 e. The van der Waals surface area contributed by atoms with Crippen molar-refractivity contribution >= 4 is 0 Å². The van der Waals surface area contributed by atoms with Crippen LogP contribution in [0.1, 0.15) is 11.1 Å². The van der Waals surface area contributed by atoms with Gasteiger partial charge in [-0.3, -0.25) is 0 Å². The van der Waals surface area contributed by atoms with E-state index in [4.69, 9.17) is 10.5 Å². The topological polar surface area (TPSA) is 47.6 Å².